The summed E-state index contributed by atoms with van der Waals surface area (Å²) in [5.74, 6) is 0.873. The molecule has 1 fully saturated rings. The van der Waals surface area contributed by atoms with Crippen LogP contribution in [0.15, 0.2) is 28.9 Å². The van der Waals surface area contributed by atoms with E-state index in [2.05, 4.69) is 51.4 Å². The van der Waals surface area contributed by atoms with E-state index in [0.29, 0.717) is 6.54 Å². The number of hydrogen-bond acceptors (Lipinski definition) is 4. The third-order valence-electron chi connectivity index (χ3n) is 4.49. The van der Waals surface area contributed by atoms with E-state index in [-0.39, 0.29) is 12.1 Å². The van der Waals surface area contributed by atoms with Crippen LogP contribution < -0.4 is 5.32 Å². The topological polar surface area (TPSA) is 54.5 Å². The number of amides is 1. The zero-order chi connectivity index (χ0) is 18.9. The number of aryl methyl sites for hydroxylation is 1. The molecule has 3 rings (SSSR count). The molecule has 6 heteroatoms. The number of carbonyl (C=O) groups is 1. The minimum atomic E-state index is -0.474. The summed E-state index contributed by atoms with van der Waals surface area (Å²) in [7, 11) is 0. The van der Waals surface area contributed by atoms with Gasteiger partial charge in [0.15, 0.2) is 0 Å². The Morgan fingerprint density at radius 2 is 2.15 bits per heavy atom. The van der Waals surface area contributed by atoms with Gasteiger partial charge in [0.2, 0.25) is 0 Å². The van der Waals surface area contributed by atoms with Gasteiger partial charge in [-0.05, 0) is 62.0 Å². The van der Waals surface area contributed by atoms with Crippen LogP contribution >= 0.6 is 15.9 Å². The summed E-state index contributed by atoms with van der Waals surface area (Å²) in [6.45, 7) is 9.14. The maximum Gasteiger partial charge on any atom is 0.410 e. The van der Waals surface area contributed by atoms with Crippen molar-refractivity contribution in [1.29, 1.82) is 0 Å². The van der Waals surface area contributed by atoms with Crippen LogP contribution in [0.5, 0.6) is 0 Å². The molecule has 0 radical (unpaired) electrons. The molecule has 1 aliphatic rings. The van der Waals surface area contributed by atoms with Crippen molar-refractivity contribution in [3.8, 4) is 0 Å². The smallest absolute Gasteiger partial charge is 0.410 e. The third kappa shape index (κ3) is 4.29. The average molecular weight is 420 g/mol. The Morgan fingerprint density at radius 3 is 2.88 bits per heavy atom. The van der Waals surface area contributed by atoms with Gasteiger partial charge in [-0.2, -0.15) is 0 Å². The molecule has 140 valence electrons. The van der Waals surface area contributed by atoms with Gasteiger partial charge in [-0.1, -0.05) is 18.2 Å². The van der Waals surface area contributed by atoms with Gasteiger partial charge in [0, 0.05) is 40.6 Å². The summed E-state index contributed by atoms with van der Waals surface area (Å²) >= 11 is 3.59. The van der Waals surface area contributed by atoms with Crippen LogP contribution in [-0.4, -0.2) is 40.7 Å². The van der Waals surface area contributed by atoms with E-state index in [9.17, 15) is 4.79 Å². The first-order valence-electron chi connectivity index (χ1n) is 9.03. The van der Waals surface area contributed by atoms with Crippen LogP contribution in [0.25, 0.3) is 10.8 Å². The lowest BCUT2D eigenvalue weighted by atomic mass is 10.0. The van der Waals surface area contributed by atoms with Gasteiger partial charge in [-0.25, -0.2) is 9.78 Å². The predicted octanol–water partition coefficient (Wildman–Crippen LogP) is 5.12. The molecule has 0 bridgehead atoms. The zero-order valence-corrected chi connectivity index (χ0v) is 17.4. The average Bonchev–Trinajstić information content (AvgIpc) is 2.56. The number of benzene rings is 1. The molecular formula is C20H26BrN3O2. The number of halogens is 1. The minimum Gasteiger partial charge on any atom is -0.444 e. The number of carbonyl (C=O) groups excluding carboxylic acids is 1. The highest BCUT2D eigenvalue weighted by Crippen LogP contribution is 2.31. The van der Waals surface area contributed by atoms with Crippen molar-refractivity contribution in [3.05, 3.63) is 34.4 Å². The molecule has 2 heterocycles. The maximum atomic E-state index is 12.4. The molecule has 1 aliphatic heterocycles. The van der Waals surface area contributed by atoms with Crippen molar-refractivity contribution in [3.63, 3.8) is 0 Å². The Hall–Kier alpha value is -1.82. The van der Waals surface area contributed by atoms with E-state index in [1.807, 2.05) is 27.0 Å². The van der Waals surface area contributed by atoms with Crippen molar-refractivity contribution < 1.29 is 9.53 Å². The van der Waals surface area contributed by atoms with E-state index < -0.39 is 5.60 Å². The minimum absolute atomic E-state index is 0.160. The van der Waals surface area contributed by atoms with Crippen LogP contribution in [0.1, 0.15) is 39.2 Å². The Morgan fingerprint density at radius 1 is 1.38 bits per heavy atom. The molecule has 2 aromatic rings. The Bertz CT molecular complexity index is 817. The summed E-state index contributed by atoms with van der Waals surface area (Å²) in [6, 6.07) is 6.40. The van der Waals surface area contributed by atoms with Crippen molar-refractivity contribution in [1.82, 2.24) is 9.88 Å². The predicted molar refractivity (Wildman–Crippen MR) is 109 cm³/mol. The highest BCUT2D eigenvalue weighted by atomic mass is 79.9. The van der Waals surface area contributed by atoms with Gasteiger partial charge in [-0.15, -0.1) is 0 Å². The summed E-state index contributed by atoms with van der Waals surface area (Å²) < 4.78 is 6.51. The number of ether oxygens (including phenoxy) is 1. The monoisotopic (exact) mass is 419 g/mol. The Kier molecular flexibility index (Phi) is 5.42. The number of pyridine rings is 1. The van der Waals surface area contributed by atoms with Crippen LogP contribution in [0, 0.1) is 6.92 Å². The molecule has 0 aliphatic carbocycles. The standard InChI is InChI=1S/C20H26BrN3O2/c1-13-7-5-9-15-16(21)11-22-18(17(13)15)23-14-8-6-10-24(12-14)19(25)26-20(2,3)4/h5,7,9,11,14H,6,8,10,12H2,1-4H3,(H,22,23)/t14-/m1/s1. The van der Waals surface area contributed by atoms with Crippen LogP contribution in [0.4, 0.5) is 10.6 Å². The highest BCUT2D eigenvalue weighted by Gasteiger charge is 2.28. The number of fused-ring (bicyclic) bond motifs is 1. The number of rotatable bonds is 2. The number of anilines is 1. The van der Waals surface area contributed by atoms with Crippen LogP contribution in [0.2, 0.25) is 0 Å². The Balaban J connectivity index is 1.78. The summed E-state index contributed by atoms with van der Waals surface area (Å²) in [5, 5.41) is 5.82. The van der Waals surface area contributed by atoms with Gasteiger partial charge in [0.1, 0.15) is 11.4 Å². The second-order valence-corrected chi connectivity index (χ2v) is 8.72. The van der Waals surface area contributed by atoms with E-state index in [0.717, 1.165) is 40.4 Å². The number of hydrogen-bond donors (Lipinski definition) is 1. The molecular weight excluding hydrogens is 394 g/mol. The highest BCUT2D eigenvalue weighted by molar-refractivity contribution is 9.10. The van der Waals surface area contributed by atoms with E-state index >= 15 is 0 Å². The molecule has 0 spiro atoms. The summed E-state index contributed by atoms with van der Waals surface area (Å²) in [4.78, 5) is 18.8. The number of likely N-dealkylation sites (tertiary alicyclic amines) is 1. The van der Waals surface area contributed by atoms with Gasteiger partial charge in [-0.3, -0.25) is 0 Å². The second-order valence-electron chi connectivity index (χ2n) is 7.86. The maximum absolute atomic E-state index is 12.4. The van der Waals surface area contributed by atoms with Gasteiger partial charge in [0.25, 0.3) is 0 Å². The van der Waals surface area contributed by atoms with E-state index in [4.69, 9.17) is 4.74 Å². The fourth-order valence-corrected chi connectivity index (χ4v) is 3.76. The van der Waals surface area contributed by atoms with Gasteiger partial charge < -0.3 is 15.0 Å². The molecule has 1 aromatic heterocycles. The molecule has 0 saturated carbocycles. The van der Waals surface area contributed by atoms with Gasteiger partial charge >= 0.3 is 6.09 Å². The van der Waals surface area contributed by atoms with Crippen molar-refractivity contribution in [2.24, 2.45) is 0 Å². The molecule has 1 N–H and O–H groups in total. The Labute approximate surface area is 163 Å². The van der Waals surface area contributed by atoms with Crippen molar-refractivity contribution >= 4 is 38.6 Å². The number of nitrogens with one attached hydrogen (secondary N) is 1. The quantitative estimate of drug-likeness (QED) is 0.733. The molecule has 1 amide bonds. The molecule has 1 atom stereocenters. The number of nitrogens with zero attached hydrogens (tertiary/aromatic N) is 2. The zero-order valence-electron chi connectivity index (χ0n) is 15.8. The normalized spacial score (nSPS) is 18.0. The SMILES string of the molecule is Cc1cccc2c(Br)cnc(N[C@@H]3CCCN(C(=O)OC(C)(C)C)C3)c12. The largest absolute Gasteiger partial charge is 0.444 e. The molecule has 5 nitrogen and oxygen atoms in total. The van der Waals surface area contributed by atoms with E-state index in [1.165, 1.54) is 5.56 Å². The van der Waals surface area contributed by atoms with Crippen LogP contribution in [0.3, 0.4) is 0 Å². The van der Waals surface area contributed by atoms with Crippen molar-refractivity contribution in [2.75, 3.05) is 18.4 Å². The fraction of sp³-hybridized carbons (Fsp3) is 0.500. The lowest BCUT2D eigenvalue weighted by Gasteiger charge is -2.34. The molecule has 1 aromatic carbocycles. The first-order chi connectivity index (χ1) is 12.2. The van der Waals surface area contributed by atoms with Crippen molar-refractivity contribution in [2.45, 2.75) is 52.2 Å². The third-order valence-corrected chi connectivity index (χ3v) is 5.12. The van der Waals surface area contributed by atoms with Gasteiger partial charge in [0.05, 0.1) is 0 Å². The summed E-state index contributed by atoms with van der Waals surface area (Å²) in [5.41, 5.74) is 0.705. The van der Waals surface area contributed by atoms with Crippen LogP contribution in [-0.2, 0) is 4.74 Å². The number of aromatic nitrogens is 1. The lowest BCUT2D eigenvalue weighted by molar-refractivity contribution is 0.0206. The lowest BCUT2D eigenvalue weighted by Crippen LogP contribution is -2.47. The molecule has 26 heavy (non-hydrogen) atoms. The molecule has 1 saturated heterocycles. The molecule has 0 unspecified atom stereocenters. The first kappa shape index (κ1) is 19.0. The fourth-order valence-electron chi connectivity index (χ4n) is 3.33. The summed E-state index contributed by atoms with van der Waals surface area (Å²) in [6.07, 6.45) is 3.54. The number of piperidine rings is 1. The first-order valence-corrected chi connectivity index (χ1v) is 9.82. The van der Waals surface area contributed by atoms with E-state index in [1.54, 1.807) is 4.90 Å². The second kappa shape index (κ2) is 7.43.